The van der Waals surface area contributed by atoms with E-state index in [2.05, 4.69) is 25.8 Å². The molecule has 18 heavy (non-hydrogen) atoms. The summed E-state index contributed by atoms with van der Waals surface area (Å²) >= 11 is 0. The molecule has 1 rings (SSSR count). The molecule has 1 atom stereocenters. The first kappa shape index (κ1) is 15.9. The van der Waals surface area contributed by atoms with Crippen molar-refractivity contribution in [2.75, 3.05) is 27.2 Å². The van der Waals surface area contributed by atoms with Crippen LogP contribution in [0.5, 0.6) is 0 Å². The quantitative estimate of drug-likeness (QED) is 0.761. The van der Waals surface area contributed by atoms with Crippen molar-refractivity contribution >= 4 is 0 Å². The molecule has 1 saturated carbocycles. The highest BCUT2D eigenvalue weighted by atomic mass is 16.5. The van der Waals surface area contributed by atoms with Crippen molar-refractivity contribution in [2.24, 2.45) is 11.7 Å². The largest absolute Gasteiger partial charge is 0.379 e. The average molecular weight is 256 g/mol. The summed E-state index contributed by atoms with van der Waals surface area (Å²) in [6.45, 7) is 6.20. The van der Waals surface area contributed by atoms with Crippen LogP contribution in [0.3, 0.4) is 0 Å². The van der Waals surface area contributed by atoms with E-state index in [-0.39, 0.29) is 5.60 Å². The zero-order chi connectivity index (χ0) is 13.6. The normalized spacial score (nSPS) is 20.3. The van der Waals surface area contributed by atoms with E-state index in [1.807, 2.05) is 0 Å². The molecule has 0 bridgehead atoms. The van der Waals surface area contributed by atoms with Crippen LogP contribution in [0.25, 0.3) is 0 Å². The summed E-state index contributed by atoms with van der Waals surface area (Å²) in [6, 6.07) is 0.432. The molecule has 0 amide bonds. The standard InChI is InChI=1S/C15H32N2O/c1-15(2,18-4)10-14(11-16)17(3)12-13-8-6-5-7-9-13/h13-14H,5-12,16H2,1-4H3. The Hall–Kier alpha value is -0.120. The number of likely N-dealkylation sites (N-methyl/N-ethyl adjacent to an activating group) is 1. The molecule has 0 spiro atoms. The Morgan fingerprint density at radius 2 is 1.89 bits per heavy atom. The Balaban J connectivity index is 2.42. The van der Waals surface area contributed by atoms with E-state index in [0.717, 1.165) is 18.9 Å². The lowest BCUT2D eigenvalue weighted by Crippen LogP contribution is -2.45. The fourth-order valence-corrected chi connectivity index (χ4v) is 3.00. The average Bonchev–Trinajstić information content (AvgIpc) is 2.37. The molecule has 0 aliphatic heterocycles. The number of methoxy groups -OCH3 is 1. The van der Waals surface area contributed by atoms with Crippen molar-refractivity contribution in [3.8, 4) is 0 Å². The van der Waals surface area contributed by atoms with Crippen LogP contribution in [-0.2, 0) is 4.74 Å². The van der Waals surface area contributed by atoms with E-state index >= 15 is 0 Å². The molecule has 0 aromatic carbocycles. The smallest absolute Gasteiger partial charge is 0.0638 e. The van der Waals surface area contributed by atoms with Crippen molar-refractivity contribution < 1.29 is 4.74 Å². The minimum atomic E-state index is -0.0785. The SMILES string of the molecule is COC(C)(C)CC(CN)N(C)CC1CCCCC1. The van der Waals surface area contributed by atoms with Gasteiger partial charge in [0.2, 0.25) is 0 Å². The second-order valence-electron chi connectivity index (χ2n) is 6.50. The second kappa shape index (κ2) is 7.46. The first-order chi connectivity index (χ1) is 8.48. The first-order valence-corrected chi connectivity index (χ1v) is 7.44. The number of nitrogens with two attached hydrogens (primary N) is 1. The summed E-state index contributed by atoms with van der Waals surface area (Å²) in [5, 5.41) is 0. The lowest BCUT2D eigenvalue weighted by atomic mass is 9.88. The second-order valence-corrected chi connectivity index (χ2v) is 6.50. The van der Waals surface area contributed by atoms with Gasteiger partial charge in [0, 0.05) is 26.2 Å². The first-order valence-electron chi connectivity index (χ1n) is 7.44. The van der Waals surface area contributed by atoms with Gasteiger partial charge in [0.25, 0.3) is 0 Å². The zero-order valence-corrected chi connectivity index (χ0v) is 12.7. The molecular formula is C15H32N2O. The van der Waals surface area contributed by atoms with Crippen molar-refractivity contribution in [1.29, 1.82) is 0 Å². The third-order valence-corrected chi connectivity index (χ3v) is 4.45. The van der Waals surface area contributed by atoms with E-state index in [4.69, 9.17) is 10.5 Å². The van der Waals surface area contributed by atoms with Crippen LogP contribution < -0.4 is 5.73 Å². The molecule has 1 aliphatic carbocycles. The highest BCUT2D eigenvalue weighted by molar-refractivity contribution is 4.81. The molecule has 0 aromatic heterocycles. The Bertz CT molecular complexity index is 225. The van der Waals surface area contributed by atoms with E-state index in [1.165, 1.54) is 38.6 Å². The summed E-state index contributed by atoms with van der Waals surface area (Å²) in [4.78, 5) is 2.46. The van der Waals surface area contributed by atoms with Gasteiger partial charge in [-0.3, -0.25) is 0 Å². The van der Waals surface area contributed by atoms with Crippen LogP contribution in [0.4, 0.5) is 0 Å². The molecular weight excluding hydrogens is 224 g/mol. The van der Waals surface area contributed by atoms with Crippen molar-refractivity contribution in [3.63, 3.8) is 0 Å². The van der Waals surface area contributed by atoms with Crippen LogP contribution in [0.1, 0.15) is 52.4 Å². The zero-order valence-electron chi connectivity index (χ0n) is 12.7. The lowest BCUT2D eigenvalue weighted by Gasteiger charge is -2.36. The predicted molar refractivity (Wildman–Crippen MR) is 77.8 cm³/mol. The number of hydrogen-bond donors (Lipinski definition) is 1. The Kier molecular flexibility index (Phi) is 6.61. The summed E-state index contributed by atoms with van der Waals surface area (Å²) in [7, 11) is 4.01. The summed E-state index contributed by atoms with van der Waals surface area (Å²) in [5.41, 5.74) is 5.86. The molecule has 2 N–H and O–H groups in total. The van der Waals surface area contributed by atoms with Crippen molar-refractivity contribution in [2.45, 2.75) is 64.0 Å². The van der Waals surface area contributed by atoms with Gasteiger partial charge in [-0.15, -0.1) is 0 Å². The molecule has 1 aliphatic rings. The molecule has 3 heteroatoms. The fourth-order valence-electron chi connectivity index (χ4n) is 3.00. The topological polar surface area (TPSA) is 38.5 Å². The van der Waals surface area contributed by atoms with Gasteiger partial charge in [0.1, 0.15) is 0 Å². The lowest BCUT2D eigenvalue weighted by molar-refractivity contribution is -0.00659. The maximum atomic E-state index is 5.94. The van der Waals surface area contributed by atoms with E-state index in [9.17, 15) is 0 Å². The van der Waals surface area contributed by atoms with Crippen molar-refractivity contribution in [3.05, 3.63) is 0 Å². The number of ether oxygens (including phenoxy) is 1. The summed E-state index contributed by atoms with van der Waals surface area (Å²) in [5.74, 6) is 0.878. The monoisotopic (exact) mass is 256 g/mol. The molecule has 1 fully saturated rings. The van der Waals surface area contributed by atoms with Crippen LogP contribution >= 0.6 is 0 Å². The van der Waals surface area contributed by atoms with Gasteiger partial charge in [0.05, 0.1) is 5.60 Å². The maximum absolute atomic E-state index is 5.94. The van der Waals surface area contributed by atoms with Gasteiger partial charge in [-0.1, -0.05) is 19.3 Å². The van der Waals surface area contributed by atoms with E-state index < -0.39 is 0 Å². The Labute approximate surface area is 113 Å². The third-order valence-electron chi connectivity index (χ3n) is 4.45. The van der Waals surface area contributed by atoms with Gasteiger partial charge in [-0.25, -0.2) is 0 Å². The molecule has 0 aromatic rings. The van der Waals surface area contributed by atoms with Crippen LogP contribution in [0, 0.1) is 5.92 Å². The highest BCUT2D eigenvalue weighted by Crippen LogP contribution is 2.26. The van der Waals surface area contributed by atoms with Gasteiger partial charge >= 0.3 is 0 Å². The Morgan fingerprint density at radius 1 is 1.28 bits per heavy atom. The molecule has 0 heterocycles. The van der Waals surface area contributed by atoms with Gasteiger partial charge < -0.3 is 15.4 Å². The molecule has 3 nitrogen and oxygen atoms in total. The summed E-state index contributed by atoms with van der Waals surface area (Å²) < 4.78 is 5.53. The molecule has 108 valence electrons. The van der Waals surface area contributed by atoms with Crippen LogP contribution in [0.2, 0.25) is 0 Å². The van der Waals surface area contributed by atoms with Crippen LogP contribution in [-0.4, -0.2) is 43.8 Å². The Morgan fingerprint density at radius 3 is 2.39 bits per heavy atom. The molecule has 1 unspecified atom stereocenters. The third kappa shape index (κ3) is 5.25. The van der Waals surface area contributed by atoms with E-state index in [1.54, 1.807) is 7.11 Å². The van der Waals surface area contributed by atoms with Crippen LogP contribution in [0.15, 0.2) is 0 Å². The minimum absolute atomic E-state index is 0.0785. The maximum Gasteiger partial charge on any atom is 0.0638 e. The minimum Gasteiger partial charge on any atom is -0.379 e. The molecule has 0 saturated heterocycles. The van der Waals surface area contributed by atoms with Gasteiger partial charge in [-0.05, 0) is 46.1 Å². The fraction of sp³-hybridized carbons (Fsp3) is 1.00. The number of nitrogens with zero attached hydrogens (tertiary/aromatic N) is 1. The molecule has 0 radical (unpaired) electrons. The summed E-state index contributed by atoms with van der Waals surface area (Å²) in [6.07, 6.45) is 8.05. The predicted octanol–water partition coefficient (Wildman–Crippen LogP) is 2.64. The highest BCUT2D eigenvalue weighted by Gasteiger charge is 2.26. The van der Waals surface area contributed by atoms with Crippen molar-refractivity contribution in [1.82, 2.24) is 4.90 Å². The number of rotatable bonds is 7. The van der Waals surface area contributed by atoms with Gasteiger partial charge in [-0.2, -0.15) is 0 Å². The number of hydrogen-bond acceptors (Lipinski definition) is 3. The van der Waals surface area contributed by atoms with E-state index in [0.29, 0.717) is 6.04 Å². The van der Waals surface area contributed by atoms with Gasteiger partial charge in [0.15, 0.2) is 0 Å².